The van der Waals surface area contributed by atoms with Crippen molar-refractivity contribution in [3.05, 3.63) is 0 Å². The Balaban J connectivity index is 1.92. The van der Waals surface area contributed by atoms with Gasteiger partial charge in [-0.3, -0.25) is 4.90 Å². The molecule has 2 N–H and O–H groups in total. The number of rotatable bonds is 2. The average molecular weight is 252 g/mol. The van der Waals surface area contributed by atoms with E-state index in [1.54, 1.807) is 0 Å². The summed E-state index contributed by atoms with van der Waals surface area (Å²) in [7, 11) is 2.35. The highest BCUT2D eigenvalue weighted by atomic mass is 15.2. The molecule has 2 aliphatic carbocycles. The maximum atomic E-state index is 6.45. The van der Waals surface area contributed by atoms with Gasteiger partial charge in [-0.15, -0.1) is 0 Å². The summed E-state index contributed by atoms with van der Waals surface area (Å²) in [5.74, 6) is 0. The molecule has 2 atom stereocenters. The van der Waals surface area contributed by atoms with Gasteiger partial charge in [0.05, 0.1) is 0 Å². The molecule has 0 radical (unpaired) electrons. The van der Waals surface area contributed by atoms with Crippen LogP contribution in [0.5, 0.6) is 0 Å². The molecule has 0 saturated heterocycles. The van der Waals surface area contributed by atoms with Crippen molar-refractivity contribution >= 4 is 0 Å². The molecule has 106 valence electrons. The Morgan fingerprint density at radius 2 is 1.22 bits per heavy atom. The van der Waals surface area contributed by atoms with Crippen molar-refractivity contribution in [3.8, 4) is 0 Å². The van der Waals surface area contributed by atoms with Crippen molar-refractivity contribution < 1.29 is 0 Å². The quantitative estimate of drug-likeness (QED) is 0.759. The van der Waals surface area contributed by atoms with Crippen LogP contribution in [-0.4, -0.2) is 30.1 Å². The van der Waals surface area contributed by atoms with E-state index in [1.807, 2.05) is 0 Å². The van der Waals surface area contributed by atoms with E-state index >= 15 is 0 Å². The first-order chi connectivity index (χ1) is 8.79. The van der Waals surface area contributed by atoms with Crippen LogP contribution >= 0.6 is 0 Å². The Morgan fingerprint density at radius 3 is 1.83 bits per heavy atom. The Kier molecular flexibility index (Phi) is 5.97. The number of likely N-dealkylation sites (N-methyl/N-ethyl adjacent to an activating group) is 1. The Labute approximate surface area is 113 Å². The molecular weight excluding hydrogens is 220 g/mol. The number of nitrogens with zero attached hydrogens (tertiary/aromatic N) is 1. The summed E-state index contributed by atoms with van der Waals surface area (Å²) in [5.41, 5.74) is 6.45. The fraction of sp³-hybridized carbons (Fsp3) is 1.00. The van der Waals surface area contributed by atoms with E-state index in [9.17, 15) is 0 Å². The molecule has 0 bridgehead atoms. The first kappa shape index (κ1) is 14.3. The number of nitrogens with two attached hydrogens (primary N) is 1. The molecule has 0 aromatic carbocycles. The van der Waals surface area contributed by atoms with Crippen molar-refractivity contribution in [1.82, 2.24) is 4.90 Å². The van der Waals surface area contributed by atoms with Crippen LogP contribution in [0.4, 0.5) is 0 Å². The highest BCUT2D eigenvalue weighted by Crippen LogP contribution is 2.27. The minimum Gasteiger partial charge on any atom is -0.326 e. The van der Waals surface area contributed by atoms with E-state index in [2.05, 4.69) is 11.9 Å². The van der Waals surface area contributed by atoms with Crippen molar-refractivity contribution in [1.29, 1.82) is 0 Å². The van der Waals surface area contributed by atoms with Gasteiger partial charge in [-0.05, 0) is 32.7 Å². The maximum Gasteiger partial charge on any atom is 0.0247 e. The topological polar surface area (TPSA) is 29.3 Å². The van der Waals surface area contributed by atoms with E-state index in [0.717, 1.165) is 6.04 Å². The zero-order chi connectivity index (χ0) is 12.8. The SMILES string of the molecule is CN(C1CCCCCC1)C1CCCCCCC1N. The first-order valence-corrected chi connectivity index (χ1v) is 8.26. The largest absolute Gasteiger partial charge is 0.326 e. The fourth-order valence-corrected chi connectivity index (χ4v) is 3.94. The number of hydrogen-bond acceptors (Lipinski definition) is 2. The lowest BCUT2D eigenvalue weighted by Crippen LogP contribution is -2.50. The van der Waals surface area contributed by atoms with Crippen LogP contribution in [0.1, 0.15) is 77.0 Å². The van der Waals surface area contributed by atoms with Crippen LogP contribution in [0.25, 0.3) is 0 Å². The zero-order valence-electron chi connectivity index (χ0n) is 12.2. The number of hydrogen-bond donors (Lipinski definition) is 1. The Morgan fingerprint density at radius 1 is 0.722 bits per heavy atom. The van der Waals surface area contributed by atoms with Gasteiger partial charge in [0.1, 0.15) is 0 Å². The minimum atomic E-state index is 0.415. The lowest BCUT2D eigenvalue weighted by Gasteiger charge is -2.39. The molecule has 0 amide bonds. The van der Waals surface area contributed by atoms with Gasteiger partial charge in [0.2, 0.25) is 0 Å². The van der Waals surface area contributed by atoms with Gasteiger partial charge in [-0.25, -0.2) is 0 Å². The average Bonchev–Trinajstić information content (AvgIpc) is 2.62. The monoisotopic (exact) mass is 252 g/mol. The van der Waals surface area contributed by atoms with Gasteiger partial charge in [0.25, 0.3) is 0 Å². The van der Waals surface area contributed by atoms with E-state index in [0.29, 0.717) is 12.1 Å². The molecule has 0 spiro atoms. The lowest BCUT2D eigenvalue weighted by molar-refractivity contribution is 0.119. The Bertz CT molecular complexity index is 221. The van der Waals surface area contributed by atoms with Crippen molar-refractivity contribution in [2.75, 3.05) is 7.05 Å². The molecule has 0 aromatic heterocycles. The van der Waals surface area contributed by atoms with Gasteiger partial charge in [-0.1, -0.05) is 51.4 Å². The summed E-state index contributed by atoms with van der Waals surface area (Å²) in [6, 6.07) is 1.87. The second-order valence-corrected chi connectivity index (χ2v) is 6.53. The van der Waals surface area contributed by atoms with Crippen LogP contribution in [0, 0.1) is 0 Å². The van der Waals surface area contributed by atoms with Crippen LogP contribution in [-0.2, 0) is 0 Å². The molecule has 0 aliphatic heterocycles. The summed E-state index contributed by atoms with van der Waals surface area (Å²) in [6.45, 7) is 0. The summed E-state index contributed by atoms with van der Waals surface area (Å²) in [4.78, 5) is 2.67. The van der Waals surface area contributed by atoms with Crippen LogP contribution < -0.4 is 5.73 Å². The van der Waals surface area contributed by atoms with Gasteiger partial charge < -0.3 is 5.73 Å². The van der Waals surface area contributed by atoms with Gasteiger partial charge in [-0.2, -0.15) is 0 Å². The van der Waals surface area contributed by atoms with Crippen molar-refractivity contribution in [2.45, 2.75) is 95.2 Å². The van der Waals surface area contributed by atoms with E-state index in [1.165, 1.54) is 77.0 Å². The van der Waals surface area contributed by atoms with E-state index < -0.39 is 0 Å². The molecule has 2 unspecified atom stereocenters. The molecule has 2 heteroatoms. The highest BCUT2D eigenvalue weighted by Gasteiger charge is 2.28. The third kappa shape index (κ3) is 3.96. The summed E-state index contributed by atoms with van der Waals surface area (Å²) < 4.78 is 0. The second-order valence-electron chi connectivity index (χ2n) is 6.53. The third-order valence-electron chi connectivity index (χ3n) is 5.21. The van der Waals surface area contributed by atoms with Crippen LogP contribution in [0.3, 0.4) is 0 Å². The third-order valence-corrected chi connectivity index (χ3v) is 5.21. The van der Waals surface area contributed by atoms with Crippen LogP contribution in [0.15, 0.2) is 0 Å². The lowest BCUT2D eigenvalue weighted by atomic mass is 9.90. The second kappa shape index (κ2) is 7.49. The van der Waals surface area contributed by atoms with Crippen molar-refractivity contribution in [2.24, 2.45) is 5.73 Å². The highest BCUT2D eigenvalue weighted by molar-refractivity contribution is 4.86. The molecule has 0 aromatic rings. The minimum absolute atomic E-state index is 0.415. The van der Waals surface area contributed by atoms with Crippen LogP contribution in [0.2, 0.25) is 0 Å². The molecule has 2 fully saturated rings. The predicted octanol–water partition coefficient (Wildman–Crippen LogP) is 3.69. The van der Waals surface area contributed by atoms with E-state index in [4.69, 9.17) is 5.73 Å². The molecular formula is C16H32N2. The zero-order valence-corrected chi connectivity index (χ0v) is 12.2. The normalized spacial score (nSPS) is 32.8. The summed E-state index contributed by atoms with van der Waals surface area (Å²) >= 11 is 0. The predicted molar refractivity (Wildman–Crippen MR) is 78.7 cm³/mol. The Hall–Kier alpha value is -0.0800. The molecule has 2 saturated carbocycles. The summed E-state index contributed by atoms with van der Waals surface area (Å²) in [6.07, 6.45) is 16.7. The van der Waals surface area contributed by atoms with E-state index in [-0.39, 0.29) is 0 Å². The molecule has 18 heavy (non-hydrogen) atoms. The fourth-order valence-electron chi connectivity index (χ4n) is 3.94. The first-order valence-electron chi connectivity index (χ1n) is 8.26. The molecule has 2 aliphatic rings. The maximum absolute atomic E-state index is 6.45. The van der Waals surface area contributed by atoms with Gasteiger partial charge in [0, 0.05) is 18.1 Å². The summed E-state index contributed by atoms with van der Waals surface area (Å²) in [5, 5.41) is 0. The van der Waals surface area contributed by atoms with Gasteiger partial charge in [0.15, 0.2) is 0 Å². The standard InChI is InChI=1S/C16H32N2/c1-18(14-10-6-2-3-7-11-14)16-13-9-5-4-8-12-15(16)17/h14-16H,2-13,17H2,1H3. The smallest absolute Gasteiger partial charge is 0.0247 e. The molecule has 2 rings (SSSR count). The van der Waals surface area contributed by atoms with Crippen molar-refractivity contribution in [3.63, 3.8) is 0 Å². The molecule has 0 heterocycles. The molecule has 2 nitrogen and oxygen atoms in total. The van der Waals surface area contributed by atoms with Gasteiger partial charge >= 0.3 is 0 Å².